The average Bonchev–Trinajstić information content (AvgIpc) is 3.82. The molecule has 0 bridgehead atoms. The first kappa shape index (κ1) is 41.8. The van der Waals surface area contributed by atoms with Crippen LogP contribution in [-0.2, 0) is 17.9 Å². The van der Waals surface area contributed by atoms with Crippen molar-refractivity contribution in [2.24, 2.45) is 0 Å². The predicted molar refractivity (Wildman–Crippen MR) is 267 cm³/mol. The van der Waals surface area contributed by atoms with Gasteiger partial charge in [0.2, 0.25) is 0 Å². The number of imide groups is 2. The van der Waals surface area contributed by atoms with Crippen molar-refractivity contribution in [3.63, 3.8) is 0 Å². The van der Waals surface area contributed by atoms with Crippen molar-refractivity contribution in [3.8, 4) is 4.37 Å². The van der Waals surface area contributed by atoms with Gasteiger partial charge in [0.15, 0.2) is 0 Å². The van der Waals surface area contributed by atoms with Crippen molar-refractivity contribution < 1.29 is 37.1 Å². The Bertz CT molecular complexity index is 3540. The van der Waals surface area contributed by atoms with E-state index in [0.717, 1.165) is 89.5 Å². The number of rotatable bonds is 7. The molecule has 1 aliphatic carbocycles. The maximum atomic E-state index is 14.9. The number of nitrogens with zero attached hydrogens (tertiary/aromatic N) is 2. The second-order valence-corrected chi connectivity index (χ2v) is 21.2. The van der Waals surface area contributed by atoms with Crippen LogP contribution in [0.4, 0.5) is 0 Å². The van der Waals surface area contributed by atoms with Gasteiger partial charge in [-0.2, -0.15) is 0 Å². The first-order valence-electron chi connectivity index (χ1n) is 22.2. The zero-order valence-electron chi connectivity index (χ0n) is 36.9. The Hall–Kier alpha value is -6.85. The molecule has 8 aromatic carbocycles. The number of amides is 4. The van der Waals surface area contributed by atoms with Crippen LogP contribution in [-0.4, -0.2) is 47.5 Å². The molecule has 0 aromatic heterocycles. The third-order valence-corrected chi connectivity index (χ3v) is 19.4. The summed E-state index contributed by atoms with van der Waals surface area (Å²) in [7, 11) is 0.273. The van der Waals surface area contributed by atoms with E-state index in [1.54, 1.807) is 25.0 Å². The first-order chi connectivity index (χ1) is 32.1. The van der Waals surface area contributed by atoms with E-state index in [-0.39, 0.29) is 23.6 Å². The standard InChI is InChI=1S/C58H43N2O4P.Os/c1-6-18-37-32-47-51-43(55(61)59(4)57(47)63)30-28-42-50-46(33-48-52-44(56(62)60(5)58(48)64)29-27-41(54(50)52)49(37)53(42)51)45(31-36-20-17-19-35(36)7-2)34(3)65(38-21-11-8-12-22-38,39-23-13-9-14-24-39)40-25-15-10-16-26-40;/h6-16,18,21-33H,17,19-20H2,1-2,4-5H3;/q+1;/b18-6+,35-7?,36-31?,45-34?;. The normalized spacial score (nSPS) is 16.9. The molecule has 11 rings (SSSR count). The predicted octanol–water partition coefficient (Wildman–Crippen LogP) is 11.5. The molecular formula is C58H43N2O4OsP+. The molecule has 1 saturated carbocycles. The van der Waals surface area contributed by atoms with Gasteiger partial charge in [-0.15, -0.1) is 0 Å². The Balaban J connectivity index is 1.45. The van der Waals surface area contributed by atoms with Crippen molar-refractivity contribution in [2.75, 3.05) is 14.1 Å². The summed E-state index contributed by atoms with van der Waals surface area (Å²) >= 11 is 1.73. The minimum atomic E-state index is -2.83. The van der Waals surface area contributed by atoms with Crippen molar-refractivity contribution in [1.82, 2.24) is 9.80 Å². The van der Waals surface area contributed by atoms with Crippen LogP contribution >= 0.6 is 7.26 Å². The van der Waals surface area contributed by atoms with E-state index in [1.807, 2.05) is 55.5 Å². The van der Waals surface area contributed by atoms with Gasteiger partial charge in [0, 0.05) is 0 Å². The minimum absolute atomic E-state index is 0.355. The van der Waals surface area contributed by atoms with Gasteiger partial charge in [-0.3, -0.25) is 0 Å². The van der Waals surface area contributed by atoms with Crippen LogP contribution in [0.3, 0.4) is 0 Å². The Kier molecular flexibility index (Phi) is 10.1. The molecular weight excluding hydrogens is 1010 g/mol. The number of fused-ring (bicyclic) bond motifs is 2. The number of carbonyl (C=O) groups is 4. The molecule has 8 heteroatoms. The van der Waals surface area contributed by atoms with E-state index in [9.17, 15) is 19.2 Å². The van der Waals surface area contributed by atoms with Gasteiger partial charge in [-0.05, 0) is 0 Å². The average molecular weight is 1050 g/mol. The van der Waals surface area contributed by atoms with E-state index >= 15 is 0 Å². The van der Waals surface area contributed by atoms with Gasteiger partial charge in [0.25, 0.3) is 0 Å². The van der Waals surface area contributed by atoms with Crippen LogP contribution in [0.5, 0.6) is 0 Å². The maximum absolute atomic E-state index is 14.9. The number of allylic oxidation sites excluding steroid dienone is 7. The van der Waals surface area contributed by atoms with Gasteiger partial charge in [-0.25, -0.2) is 0 Å². The van der Waals surface area contributed by atoms with Crippen molar-refractivity contribution in [2.45, 2.75) is 33.1 Å². The van der Waals surface area contributed by atoms with E-state index in [2.05, 4.69) is 114 Å². The van der Waals surface area contributed by atoms with Crippen molar-refractivity contribution in [3.05, 3.63) is 195 Å². The second kappa shape index (κ2) is 15.9. The number of benzene rings is 8. The SMILES string of the molecule is CC=C1CCCC1=CC(=C([C]#[Os])[P+](c1ccccc1)(c1ccccc1)c1ccccc1)c1cc2c3c(ccc4c5c(/C=C/C)cc6c7c(ccc(c1c34)c75)C(=O)N(C)C6=O)C(=O)N(C)C2=O. The van der Waals surface area contributed by atoms with Gasteiger partial charge in [0.1, 0.15) is 0 Å². The second-order valence-electron chi connectivity index (χ2n) is 17.3. The fourth-order valence-corrected chi connectivity index (χ4v) is 16.9. The number of hydrogen-bond donors (Lipinski definition) is 0. The molecule has 0 spiro atoms. The first-order valence-corrected chi connectivity index (χ1v) is 25.3. The summed E-state index contributed by atoms with van der Waals surface area (Å²) in [6, 6.07) is 43.9. The Labute approximate surface area is 393 Å². The molecule has 6 nitrogen and oxygen atoms in total. The van der Waals surface area contributed by atoms with Gasteiger partial charge in [-0.1, -0.05) is 0 Å². The molecule has 0 unspecified atom stereocenters. The molecule has 0 saturated heterocycles. The summed E-state index contributed by atoms with van der Waals surface area (Å²) in [5.41, 5.74) is 6.92. The van der Waals surface area contributed by atoms with Gasteiger partial charge >= 0.3 is 396 Å². The van der Waals surface area contributed by atoms with E-state index < -0.39 is 7.26 Å². The van der Waals surface area contributed by atoms with Crippen LogP contribution in [0.2, 0.25) is 0 Å². The quantitative estimate of drug-likeness (QED) is 0.0690. The van der Waals surface area contributed by atoms with Crippen LogP contribution < -0.4 is 15.9 Å². The summed E-state index contributed by atoms with van der Waals surface area (Å²) < 4.78 is 3.93. The summed E-state index contributed by atoms with van der Waals surface area (Å²) in [6.45, 7) is 4.05. The van der Waals surface area contributed by atoms with Crippen LogP contribution in [0.15, 0.2) is 162 Å². The molecule has 8 aromatic rings. The van der Waals surface area contributed by atoms with E-state index in [4.69, 9.17) is 0 Å². The molecule has 0 atom stereocenters. The third kappa shape index (κ3) is 5.81. The molecule has 2 heterocycles. The van der Waals surface area contributed by atoms with Gasteiger partial charge in [0.05, 0.1) is 0 Å². The summed E-state index contributed by atoms with van der Waals surface area (Å²) in [6.07, 6.45) is 11.4. The summed E-state index contributed by atoms with van der Waals surface area (Å²) in [5.74, 6) is -1.44. The van der Waals surface area contributed by atoms with Crippen molar-refractivity contribution in [1.29, 1.82) is 0 Å². The molecule has 2 aliphatic heterocycles. The summed E-state index contributed by atoms with van der Waals surface area (Å²) in [4.78, 5) is 59.9. The molecule has 0 N–H and O–H groups in total. The fraction of sp³-hybridized carbons (Fsp3) is 0.121. The monoisotopic (exact) mass is 1050 g/mol. The Morgan fingerprint density at radius 1 is 0.561 bits per heavy atom. The zero-order chi connectivity index (χ0) is 45.6. The fourth-order valence-electron chi connectivity index (χ4n) is 11.1. The van der Waals surface area contributed by atoms with Crippen LogP contribution in [0.25, 0.3) is 54.7 Å². The van der Waals surface area contributed by atoms with Gasteiger partial charge < -0.3 is 0 Å². The molecule has 1 fully saturated rings. The third-order valence-electron chi connectivity index (χ3n) is 14.0. The van der Waals surface area contributed by atoms with Crippen LogP contribution in [0, 0.1) is 4.37 Å². The van der Waals surface area contributed by atoms with E-state index in [0.29, 0.717) is 33.0 Å². The Morgan fingerprint density at radius 3 is 1.53 bits per heavy atom. The van der Waals surface area contributed by atoms with Crippen molar-refractivity contribution >= 4 is 102 Å². The van der Waals surface area contributed by atoms with Crippen LogP contribution in [0.1, 0.15) is 85.7 Å². The number of hydrogen-bond acceptors (Lipinski definition) is 4. The summed E-state index contributed by atoms with van der Waals surface area (Å²) in [5, 5.41) is 10.7. The molecule has 4 amide bonds. The topological polar surface area (TPSA) is 74.8 Å². The Morgan fingerprint density at radius 2 is 1.03 bits per heavy atom. The molecule has 66 heavy (non-hydrogen) atoms. The molecule has 321 valence electrons. The molecule has 0 radical (unpaired) electrons. The molecule has 3 aliphatic rings. The number of carbonyl (C=O) groups excluding carboxylic acids is 4. The zero-order valence-corrected chi connectivity index (χ0v) is 40.3. The van der Waals surface area contributed by atoms with E-state index in [1.165, 1.54) is 28.0 Å².